The molecule has 3 aliphatic rings. The third kappa shape index (κ3) is 3.87. The Hall–Kier alpha value is -3.22. The zero-order valence-corrected chi connectivity index (χ0v) is 18.1. The lowest BCUT2D eigenvalue weighted by molar-refractivity contribution is -0.125. The number of piperidine rings is 1. The van der Waals surface area contributed by atoms with Gasteiger partial charge in [-0.05, 0) is 49.4 Å². The standard InChI is InChI=1S/C25H28N4O3/c30-23(27-19-8-1-2-9-19)18-7-5-13-28(16-18)21-11-3-10-20-22(21)25(32)29(24(20)31)15-17-6-4-12-26-14-17/h3-4,6,10-12,14,18-19H,1-2,5,7-9,13,15-16H2,(H,27,30). The lowest BCUT2D eigenvalue weighted by atomic mass is 9.95. The molecule has 0 spiro atoms. The minimum atomic E-state index is -0.276. The molecule has 1 saturated carbocycles. The number of fused-ring (bicyclic) bond motifs is 1. The molecule has 2 aromatic rings. The molecule has 1 atom stereocenters. The molecule has 7 nitrogen and oxygen atoms in total. The maximum absolute atomic E-state index is 13.3. The lowest BCUT2D eigenvalue weighted by Gasteiger charge is -2.35. The van der Waals surface area contributed by atoms with Crippen LogP contribution in [0.3, 0.4) is 0 Å². The number of hydrogen-bond donors (Lipinski definition) is 1. The van der Waals surface area contributed by atoms with Gasteiger partial charge in [0.05, 0.1) is 29.3 Å². The van der Waals surface area contributed by atoms with Crippen LogP contribution in [0, 0.1) is 5.92 Å². The van der Waals surface area contributed by atoms with Crippen LogP contribution in [0.1, 0.15) is 64.8 Å². The molecule has 1 saturated heterocycles. The summed E-state index contributed by atoms with van der Waals surface area (Å²) in [5.74, 6) is -0.529. The number of nitrogens with one attached hydrogen (secondary N) is 1. The van der Waals surface area contributed by atoms with Crippen molar-refractivity contribution in [3.63, 3.8) is 0 Å². The zero-order chi connectivity index (χ0) is 22.1. The maximum atomic E-state index is 13.3. The van der Waals surface area contributed by atoms with Gasteiger partial charge in [-0.3, -0.25) is 24.3 Å². The first kappa shape index (κ1) is 20.7. The number of imide groups is 1. The van der Waals surface area contributed by atoms with Crippen molar-refractivity contribution in [1.29, 1.82) is 0 Å². The molecule has 0 radical (unpaired) electrons. The monoisotopic (exact) mass is 432 g/mol. The number of aromatic nitrogens is 1. The number of rotatable bonds is 5. The van der Waals surface area contributed by atoms with E-state index in [0.717, 1.165) is 43.5 Å². The second kappa shape index (κ2) is 8.73. The quantitative estimate of drug-likeness (QED) is 0.734. The van der Waals surface area contributed by atoms with Crippen molar-refractivity contribution in [2.75, 3.05) is 18.0 Å². The first-order valence-electron chi connectivity index (χ1n) is 11.6. The molecule has 2 aliphatic heterocycles. The van der Waals surface area contributed by atoms with Crippen LogP contribution in [0.4, 0.5) is 5.69 Å². The van der Waals surface area contributed by atoms with Crippen molar-refractivity contribution in [3.05, 3.63) is 59.4 Å². The Labute approximate surface area is 187 Å². The maximum Gasteiger partial charge on any atom is 0.263 e. The van der Waals surface area contributed by atoms with Crippen LogP contribution in [-0.2, 0) is 11.3 Å². The van der Waals surface area contributed by atoms with Crippen molar-refractivity contribution in [3.8, 4) is 0 Å². The van der Waals surface area contributed by atoms with Crippen LogP contribution in [0.25, 0.3) is 0 Å². The van der Waals surface area contributed by atoms with Gasteiger partial charge < -0.3 is 10.2 Å². The topological polar surface area (TPSA) is 82.6 Å². The molecule has 0 bridgehead atoms. The average molecular weight is 433 g/mol. The third-order valence-electron chi connectivity index (χ3n) is 6.87. The van der Waals surface area contributed by atoms with Crippen molar-refractivity contribution in [2.24, 2.45) is 5.92 Å². The summed E-state index contributed by atoms with van der Waals surface area (Å²) < 4.78 is 0. The fraction of sp³-hybridized carbons (Fsp3) is 0.440. The van der Waals surface area contributed by atoms with E-state index in [9.17, 15) is 14.4 Å². The van der Waals surface area contributed by atoms with Crippen LogP contribution in [0.15, 0.2) is 42.7 Å². The summed E-state index contributed by atoms with van der Waals surface area (Å²) in [6, 6.07) is 9.40. The largest absolute Gasteiger partial charge is 0.370 e. The smallest absolute Gasteiger partial charge is 0.263 e. The van der Waals surface area contributed by atoms with Gasteiger partial charge in [-0.1, -0.05) is 25.0 Å². The number of pyridine rings is 1. The van der Waals surface area contributed by atoms with E-state index in [-0.39, 0.29) is 30.2 Å². The van der Waals surface area contributed by atoms with Gasteiger partial charge in [0.25, 0.3) is 11.8 Å². The Balaban J connectivity index is 1.35. The Bertz CT molecular complexity index is 1030. The van der Waals surface area contributed by atoms with Gasteiger partial charge in [0.2, 0.25) is 5.91 Å². The van der Waals surface area contributed by atoms with Gasteiger partial charge >= 0.3 is 0 Å². The Morgan fingerprint density at radius 1 is 1.03 bits per heavy atom. The van der Waals surface area contributed by atoms with E-state index in [0.29, 0.717) is 23.7 Å². The van der Waals surface area contributed by atoms with Crippen LogP contribution in [0.5, 0.6) is 0 Å². The van der Waals surface area contributed by atoms with Gasteiger partial charge in [0.1, 0.15) is 0 Å². The number of carbonyl (C=O) groups is 3. The molecule has 1 unspecified atom stereocenters. The number of carbonyl (C=O) groups excluding carboxylic acids is 3. The van der Waals surface area contributed by atoms with Gasteiger partial charge in [0, 0.05) is 31.5 Å². The van der Waals surface area contributed by atoms with Gasteiger partial charge in [-0.25, -0.2) is 0 Å². The highest BCUT2D eigenvalue weighted by molar-refractivity contribution is 6.23. The van der Waals surface area contributed by atoms with E-state index >= 15 is 0 Å². The number of nitrogens with zero attached hydrogens (tertiary/aromatic N) is 3. The predicted molar refractivity (Wildman–Crippen MR) is 120 cm³/mol. The summed E-state index contributed by atoms with van der Waals surface area (Å²) in [6.07, 6.45) is 9.57. The fourth-order valence-electron chi connectivity index (χ4n) is 5.20. The number of amides is 3. The van der Waals surface area contributed by atoms with Gasteiger partial charge in [-0.15, -0.1) is 0 Å². The van der Waals surface area contributed by atoms with Gasteiger partial charge in [0.15, 0.2) is 0 Å². The number of benzene rings is 1. The van der Waals surface area contributed by atoms with E-state index < -0.39 is 0 Å². The minimum Gasteiger partial charge on any atom is -0.370 e. The van der Waals surface area contributed by atoms with Crippen molar-refractivity contribution in [1.82, 2.24) is 15.2 Å². The first-order chi connectivity index (χ1) is 15.6. The van der Waals surface area contributed by atoms with Crippen LogP contribution in [-0.4, -0.2) is 46.7 Å². The molecule has 1 N–H and O–H groups in total. The second-order valence-corrected chi connectivity index (χ2v) is 9.03. The molecule has 166 valence electrons. The molecule has 1 aliphatic carbocycles. The van der Waals surface area contributed by atoms with E-state index in [1.807, 2.05) is 18.2 Å². The van der Waals surface area contributed by atoms with Gasteiger partial charge in [-0.2, -0.15) is 0 Å². The molecular formula is C25H28N4O3. The number of anilines is 1. The normalized spacial score (nSPS) is 21.2. The summed E-state index contributed by atoms with van der Waals surface area (Å²) in [7, 11) is 0. The summed E-state index contributed by atoms with van der Waals surface area (Å²) in [5.41, 5.74) is 2.46. The molecule has 32 heavy (non-hydrogen) atoms. The lowest BCUT2D eigenvalue weighted by Crippen LogP contribution is -2.45. The van der Waals surface area contributed by atoms with Crippen LogP contribution >= 0.6 is 0 Å². The highest BCUT2D eigenvalue weighted by atomic mass is 16.2. The first-order valence-corrected chi connectivity index (χ1v) is 11.6. The third-order valence-corrected chi connectivity index (χ3v) is 6.87. The van der Waals surface area contributed by atoms with E-state index in [1.165, 1.54) is 17.7 Å². The SMILES string of the molecule is O=C(NC1CCCC1)C1CCCN(c2cccc3c2C(=O)N(Cc2cccnc2)C3=O)C1. The average Bonchev–Trinajstić information content (AvgIpc) is 3.42. The highest BCUT2D eigenvalue weighted by Crippen LogP contribution is 2.34. The predicted octanol–water partition coefficient (Wildman–Crippen LogP) is 3.15. The summed E-state index contributed by atoms with van der Waals surface area (Å²) >= 11 is 0. The van der Waals surface area contributed by atoms with E-state index in [4.69, 9.17) is 0 Å². The Kier molecular flexibility index (Phi) is 5.64. The fourth-order valence-corrected chi connectivity index (χ4v) is 5.20. The number of hydrogen-bond acceptors (Lipinski definition) is 5. The second-order valence-electron chi connectivity index (χ2n) is 9.03. The van der Waals surface area contributed by atoms with E-state index in [1.54, 1.807) is 24.5 Å². The van der Waals surface area contributed by atoms with Crippen LogP contribution in [0.2, 0.25) is 0 Å². The van der Waals surface area contributed by atoms with Crippen LogP contribution < -0.4 is 10.2 Å². The Morgan fingerprint density at radius 3 is 2.66 bits per heavy atom. The van der Waals surface area contributed by atoms with E-state index in [2.05, 4.69) is 15.2 Å². The van der Waals surface area contributed by atoms with Crippen molar-refractivity contribution in [2.45, 2.75) is 51.1 Å². The van der Waals surface area contributed by atoms with Crippen molar-refractivity contribution < 1.29 is 14.4 Å². The molecule has 7 heteroatoms. The molecule has 5 rings (SSSR count). The highest BCUT2D eigenvalue weighted by Gasteiger charge is 2.39. The molecule has 3 amide bonds. The summed E-state index contributed by atoms with van der Waals surface area (Å²) in [4.78, 5) is 46.7. The zero-order valence-electron chi connectivity index (χ0n) is 18.1. The molecule has 3 heterocycles. The molecular weight excluding hydrogens is 404 g/mol. The summed E-state index contributed by atoms with van der Waals surface area (Å²) in [6.45, 7) is 1.54. The minimum absolute atomic E-state index is 0.0982. The van der Waals surface area contributed by atoms with Crippen molar-refractivity contribution >= 4 is 23.4 Å². The Morgan fingerprint density at radius 2 is 1.88 bits per heavy atom. The molecule has 1 aromatic heterocycles. The molecule has 2 fully saturated rings. The summed E-state index contributed by atoms with van der Waals surface area (Å²) in [5, 5.41) is 3.22. The molecule has 1 aromatic carbocycles.